The van der Waals surface area contributed by atoms with E-state index in [0.717, 1.165) is 23.0 Å². The van der Waals surface area contributed by atoms with Crippen molar-refractivity contribution >= 4 is 34.6 Å². The van der Waals surface area contributed by atoms with Crippen LogP contribution in [-0.4, -0.2) is 32.6 Å². The summed E-state index contributed by atoms with van der Waals surface area (Å²) in [4.78, 5) is 0.545. The second kappa shape index (κ2) is 8.18. The summed E-state index contributed by atoms with van der Waals surface area (Å²) in [5, 5.41) is 39.7. The van der Waals surface area contributed by atoms with Crippen LogP contribution in [0, 0.1) is 21.6 Å². The van der Waals surface area contributed by atoms with Gasteiger partial charge in [-0.1, -0.05) is 23.9 Å². The number of nitrogens with zero attached hydrogens (tertiary/aromatic N) is 2. The van der Waals surface area contributed by atoms with Gasteiger partial charge in [0.15, 0.2) is 0 Å². The van der Waals surface area contributed by atoms with Crippen LogP contribution in [0.1, 0.15) is 19.4 Å². The number of nitrogens with one attached hydrogen (secondary N) is 5. The molecular formula is C20H21N7S. The number of aromatic nitrogens is 2. The summed E-state index contributed by atoms with van der Waals surface area (Å²) >= 11 is 1.15. The lowest BCUT2D eigenvalue weighted by atomic mass is 9.99. The van der Waals surface area contributed by atoms with Crippen LogP contribution in [0.3, 0.4) is 0 Å². The van der Waals surface area contributed by atoms with E-state index in [4.69, 9.17) is 21.6 Å². The van der Waals surface area contributed by atoms with E-state index in [1.165, 1.54) is 6.21 Å². The van der Waals surface area contributed by atoms with Crippen LogP contribution in [0.4, 0.5) is 0 Å². The van der Waals surface area contributed by atoms with E-state index < -0.39 is 0 Å². The Balaban J connectivity index is 1.75. The standard InChI is InChI=1S/C20H21N7S/c1-12(13(2)22)17-16(10-21)18(28-20(17)24)19(23)25-11-14-4-6-15(7-5-14)27-9-3-8-26-27/h3-10,21-22,24H,11H2,1-2H3,(H2,23,25)/b17-12-,21-10?,22-13?,24-20?. The third-order valence-corrected chi connectivity index (χ3v) is 5.47. The summed E-state index contributed by atoms with van der Waals surface area (Å²) in [6.07, 6.45) is 4.77. The first-order chi connectivity index (χ1) is 13.4. The summed E-state index contributed by atoms with van der Waals surface area (Å²) in [5.41, 5.74) is 4.08. The topological polar surface area (TPSA) is 125 Å². The van der Waals surface area contributed by atoms with Gasteiger partial charge in [0, 0.05) is 42.0 Å². The third-order valence-electron chi connectivity index (χ3n) is 4.43. The molecule has 0 unspecified atom stereocenters. The zero-order valence-electron chi connectivity index (χ0n) is 15.6. The van der Waals surface area contributed by atoms with Gasteiger partial charge in [0.2, 0.25) is 0 Å². The van der Waals surface area contributed by atoms with Gasteiger partial charge in [0.1, 0.15) is 10.9 Å². The van der Waals surface area contributed by atoms with Crippen molar-refractivity contribution in [2.45, 2.75) is 20.4 Å². The van der Waals surface area contributed by atoms with Crippen LogP contribution in [0.25, 0.3) is 5.69 Å². The largest absolute Gasteiger partial charge is 0.366 e. The van der Waals surface area contributed by atoms with Crippen LogP contribution >= 0.6 is 11.8 Å². The van der Waals surface area contributed by atoms with Crippen molar-refractivity contribution in [1.29, 1.82) is 21.6 Å². The minimum Gasteiger partial charge on any atom is -0.366 e. The summed E-state index contributed by atoms with van der Waals surface area (Å²) < 4.78 is 1.78. The van der Waals surface area contributed by atoms with Crippen LogP contribution in [0.2, 0.25) is 0 Å². The molecule has 1 aromatic heterocycles. The van der Waals surface area contributed by atoms with E-state index in [0.29, 0.717) is 33.9 Å². The van der Waals surface area contributed by atoms with Crippen LogP contribution in [-0.2, 0) is 6.54 Å². The lowest BCUT2D eigenvalue weighted by molar-refractivity contribution is 0.873. The quantitative estimate of drug-likeness (QED) is 0.378. The Labute approximate surface area is 167 Å². The number of thioether (sulfide) groups is 1. The van der Waals surface area contributed by atoms with Gasteiger partial charge in [-0.2, -0.15) is 5.10 Å². The fourth-order valence-electron chi connectivity index (χ4n) is 2.79. The van der Waals surface area contributed by atoms with Gasteiger partial charge in [-0.05, 0) is 43.2 Å². The highest BCUT2D eigenvalue weighted by Gasteiger charge is 2.29. The van der Waals surface area contributed by atoms with Crippen LogP contribution < -0.4 is 5.32 Å². The minimum absolute atomic E-state index is 0.176. The Bertz CT molecular complexity index is 1010. The van der Waals surface area contributed by atoms with E-state index in [1.807, 2.05) is 36.5 Å². The predicted octanol–water partition coefficient (Wildman–Crippen LogP) is 3.92. The van der Waals surface area contributed by atoms with E-state index in [1.54, 1.807) is 24.7 Å². The molecule has 0 amide bonds. The fourth-order valence-corrected chi connectivity index (χ4v) is 3.80. The van der Waals surface area contributed by atoms with Crippen molar-refractivity contribution in [3.8, 4) is 5.69 Å². The third kappa shape index (κ3) is 3.86. The SMILES string of the molecule is CC(=N)/C(C)=C1\C(=N)SC(C(=N)NCc2ccc(-n3cccn3)cc2)=C1C=N. The molecule has 8 heteroatoms. The Morgan fingerprint density at radius 1 is 1.21 bits per heavy atom. The maximum absolute atomic E-state index is 8.37. The van der Waals surface area contributed by atoms with Gasteiger partial charge < -0.3 is 16.1 Å². The Morgan fingerprint density at radius 2 is 1.93 bits per heavy atom. The van der Waals surface area contributed by atoms with Crippen molar-refractivity contribution < 1.29 is 0 Å². The molecule has 2 aromatic rings. The fraction of sp³-hybridized carbons (Fsp3) is 0.150. The van der Waals surface area contributed by atoms with Gasteiger partial charge in [-0.15, -0.1) is 0 Å². The van der Waals surface area contributed by atoms with Gasteiger partial charge in [0.05, 0.1) is 10.6 Å². The van der Waals surface area contributed by atoms with E-state index in [9.17, 15) is 0 Å². The summed E-state index contributed by atoms with van der Waals surface area (Å²) in [6.45, 7) is 3.90. The highest BCUT2D eigenvalue weighted by molar-refractivity contribution is 8.18. The molecule has 2 heterocycles. The van der Waals surface area contributed by atoms with Gasteiger partial charge in [-0.3, -0.25) is 10.8 Å². The van der Waals surface area contributed by atoms with Crippen molar-refractivity contribution in [3.05, 3.63) is 69.9 Å². The molecule has 0 saturated carbocycles. The number of benzene rings is 1. The van der Waals surface area contributed by atoms with Crippen molar-refractivity contribution in [2.24, 2.45) is 0 Å². The number of rotatable bonds is 6. The maximum atomic E-state index is 8.37. The van der Waals surface area contributed by atoms with E-state index in [2.05, 4.69) is 10.4 Å². The van der Waals surface area contributed by atoms with Crippen LogP contribution in [0.15, 0.2) is 64.3 Å². The minimum atomic E-state index is 0.176. The molecule has 0 atom stereocenters. The first-order valence-electron chi connectivity index (χ1n) is 8.62. The summed E-state index contributed by atoms with van der Waals surface area (Å²) in [5.74, 6) is 0.176. The second-order valence-corrected chi connectivity index (χ2v) is 7.31. The molecular weight excluding hydrogens is 370 g/mol. The van der Waals surface area contributed by atoms with Gasteiger partial charge in [-0.25, -0.2) is 4.68 Å². The van der Waals surface area contributed by atoms with E-state index in [-0.39, 0.29) is 10.9 Å². The molecule has 28 heavy (non-hydrogen) atoms. The average molecular weight is 392 g/mol. The number of hydrogen-bond donors (Lipinski definition) is 5. The van der Waals surface area contributed by atoms with Crippen molar-refractivity contribution in [1.82, 2.24) is 15.1 Å². The zero-order valence-corrected chi connectivity index (χ0v) is 16.4. The smallest absolute Gasteiger partial charge is 0.133 e. The molecule has 0 aliphatic carbocycles. The molecule has 0 bridgehead atoms. The molecule has 1 aliphatic rings. The first kappa shape index (κ1) is 19.5. The Morgan fingerprint density at radius 3 is 2.50 bits per heavy atom. The molecule has 0 fully saturated rings. The first-order valence-corrected chi connectivity index (χ1v) is 9.44. The number of allylic oxidation sites excluding steroid dienone is 2. The molecule has 7 nitrogen and oxygen atoms in total. The molecule has 1 aliphatic heterocycles. The molecule has 0 saturated heterocycles. The number of hydrogen-bond acceptors (Lipinski definition) is 6. The maximum Gasteiger partial charge on any atom is 0.133 e. The number of amidine groups is 1. The Kier molecular flexibility index (Phi) is 5.70. The molecule has 1 aromatic carbocycles. The van der Waals surface area contributed by atoms with Crippen LogP contribution in [0.5, 0.6) is 0 Å². The van der Waals surface area contributed by atoms with Gasteiger partial charge in [0.25, 0.3) is 0 Å². The highest BCUT2D eigenvalue weighted by atomic mass is 32.2. The second-order valence-electron chi connectivity index (χ2n) is 6.29. The predicted molar refractivity (Wildman–Crippen MR) is 115 cm³/mol. The lowest BCUT2D eigenvalue weighted by Crippen LogP contribution is -2.23. The molecule has 0 radical (unpaired) electrons. The zero-order chi connectivity index (χ0) is 20.3. The average Bonchev–Trinajstić information content (AvgIpc) is 3.33. The molecule has 0 spiro atoms. The molecule has 3 rings (SSSR count). The van der Waals surface area contributed by atoms with Crippen molar-refractivity contribution in [2.75, 3.05) is 0 Å². The van der Waals surface area contributed by atoms with E-state index >= 15 is 0 Å². The summed E-state index contributed by atoms with van der Waals surface area (Å²) in [6, 6.07) is 9.74. The Hall–Kier alpha value is -3.26. The van der Waals surface area contributed by atoms with Gasteiger partial charge >= 0.3 is 0 Å². The highest BCUT2D eigenvalue weighted by Crippen LogP contribution is 2.38. The molecule has 5 N–H and O–H groups in total. The normalized spacial score (nSPS) is 15.6. The summed E-state index contributed by atoms with van der Waals surface area (Å²) in [7, 11) is 0. The monoisotopic (exact) mass is 391 g/mol. The molecule has 142 valence electrons. The lowest BCUT2D eigenvalue weighted by Gasteiger charge is -2.10. The van der Waals surface area contributed by atoms with Crippen molar-refractivity contribution in [3.63, 3.8) is 0 Å².